The zero-order chi connectivity index (χ0) is 28.7. The van der Waals surface area contributed by atoms with E-state index >= 15 is 0 Å². The highest BCUT2D eigenvalue weighted by molar-refractivity contribution is 7.89. The molecule has 1 aromatic heterocycles. The molecular formula is C29H32N4O6S. The topological polar surface area (TPSA) is 145 Å². The maximum atomic E-state index is 13.7. The fraction of sp³-hybridized carbons (Fsp3) is 0.241. The third kappa shape index (κ3) is 7.47. The number of imidazole rings is 1. The summed E-state index contributed by atoms with van der Waals surface area (Å²) in [6.07, 6.45) is -0.607. The van der Waals surface area contributed by atoms with Crippen molar-refractivity contribution in [1.82, 2.24) is 19.6 Å². The second kappa shape index (κ2) is 12.8. The highest BCUT2D eigenvalue weighted by atomic mass is 32.2. The first-order valence-corrected chi connectivity index (χ1v) is 14.2. The Morgan fingerprint density at radius 1 is 0.975 bits per heavy atom. The van der Waals surface area contributed by atoms with Gasteiger partial charge < -0.3 is 19.8 Å². The van der Waals surface area contributed by atoms with E-state index in [1.807, 2.05) is 50.2 Å². The zero-order valence-electron chi connectivity index (χ0n) is 22.2. The first kappa shape index (κ1) is 28.8. The van der Waals surface area contributed by atoms with Crippen LogP contribution in [0.25, 0.3) is 17.1 Å². The maximum absolute atomic E-state index is 13.7. The van der Waals surface area contributed by atoms with E-state index in [2.05, 4.69) is 15.3 Å². The van der Waals surface area contributed by atoms with Crippen molar-refractivity contribution in [3.63, 3.8) is 0 Å². The summed E-state index contributed by atoms with van der Waals surface area (Å²) in [5.74, 6) is -0.0666. The third-order valence-corrected chi connectivity index (χ3v) is 7.84. The first-order valence-electron chi connectivity index (χ1n) is 12.8. The van der Waals surface area contributed by atoms with Gasteiger partial charge in [0.1, 0.15) is 12.7 Å². The van der Waals surface area contributed by atoms with Gasteiger partial charge in [0.05, 0.1) is 21.6 Å². The van der Waals surface area contributed by atoms with Gasteiger partial charge in [-0.15, -0.1) is 0 Å². The number of aliphatic hydroxyl groups is 1. The van der Waals surface area contributed by atoms with Gasteiger partial charge in [0.15, 0.2) is 0 Å². The molecule has 210 valence electrons. The van der Waals surface area contributed by atoms with Crippen LogP contribution in [0, 0.1) is 5.92 Å². The molecule has 0 spiro atoms. The molecule has 1 amide bonds. The van der Waals surface area contributed by atoms with E-state index in [1.54, 1.807) is 30.3 Å². The maximum Gasteiger partial charge on any atom is 0.411 e. The number of fused-ring (bicyclic) bond motifs is 1. The molecule has 40 heavy (non-hydrogen) atoms. The zero-order valence-corrected chi connectivity index (χ0v) is 23.0. The second-order valence-electron chi connectivity index (χ2n) is 9.72. The number of aromatic amines is 2. The van der Waals surface area contributed by atoms with Crippen molar-refractivity contribution < 1.29 is 23.1 Å². The van der Waals surface area contributed by atoms with Crippen molar-refractivity contribution in [2.24, 2.45) is 5.92 Å². The first-order chi connectivity index (χ1) is 19.1. The van der Waals surface area contributed by atoms with Crippen molar-refractivity contribution in [2.45, 2.75) is 31.5 Å². The lowest BCUT2D eigenvalue weighted by Gasteiger charge is -2.27. The van der Waals surface area contributed by atoms with Crippen LogP contribution in [0.2, 0.25) is 0 Å². The molecule has 0 unspecified atom stereocenters. The lowest BCUT2D eigenvalue weighted by Crippen LogP contribution is -2.43. The van der Waals surface area contributed by atoms with Gasteiger partial charge in [-0.2, -0.15) is 4.31 Å². The molecule has 0 aliphatic rings. The minimum Gasteiger partial charge on any atom is -0.444 e. The number of benzene rings is 3. The van der Waals surface area contributed by atoms with E-state index in [4.69, 9.17) is 4.74 Å². The number of aromatic nitrogens is 2. The highest BCUT2D eigenvalue weighted by Crippen LogP contribution is 2.22. The number of aliphatic hydroxyl groups excluding tert-OH is 1. The van der Waals surface area contributed by atoms with Crippen molar-refractivity contribution in [2.75, 3.05) is 13.1 Å². The van der Waals surface area contributed by atoms with E-state index in [1.165, 1.54) is 22.5 Å². The summed E-state index contributed by atoms with van der Waals surface area (Å²) in [7, 11) is -4.09. The molecule has 11 heteroatoms. The monoisotopic (exact) mass is 564 g/mol. The molecule has 1 atom stereocenters. The van der Waals surface area contributed by atoms with Crippen LogP contribution in [0.3, 0.4) is 0 Å². The van der Waals surface area contributed by atoms with Crippen LogP contribution in [0.4, 0.5) is 4.79 Å². The Kier molecular flexibility index (Phi) is 9.20. The number of carbonyl (C=O) groups excluding carboxylic acids is 1. The largest absolute Gasteiger partial charge is 0.444 e. The fourth-order valence-electron chi connectivity index (χ4n) is 4.11. The summed E-state index contributed by atoms with van der Waals surface area (Å²) < 4.78 is 33.9. The molecule has 4 aromatic rings. The van der Waals surface area contributed by atoms with Gasteiger partial charge in [-0.05, 0) is 41.3 Å². The molecule has 10 nitrogen and oxygen atoms in total. The fourth-order valence-corrected chi connectivity index (χ4v) is 5.75. The van der Waals surface area contributed by atoms with E-state index in [0.717, 1.165) is 5.56 Å². The van der Waals surface area contributed by atoms with Gasteiger partial charge in [0.2, 0.25) is 10.0 Å². The molecule has 0 saturated carbocycles. The molecule has 4 rings (SSSR count). The van der Waals surface area contributed by atoms with Crippen LogP contribution in [-0.2, 0) is 21.4 Å². The summed E-state index contributed by atoms with van der Waals surface area (Å²) in [4.78, 5) is 29.5. The SMILES string of the molecule is CC(C)CN(C[C@@H](O)/C(=C/c1ccccc1)NC(=O)OCc1ccccc1)S(=O)(=O)c1ccc2[nH]c(=O)[nH]c2c1. The Morgan fingerprint density at radius 2 is 1.62 bits per heavy atom. The van der Waals surface area contributed by atoms with E-state index in [0.29, 0.717) is 16.6 Å². The number of ether oxygens (including phenoxy) is 1. The van der Waals surface area contributed by atoms with Crippen LogP contribution >= 0.6 is 0 Å². The second-order valence-corrected chi connectivity index (χ2v) is 11.7. The van der Waals surface area contributed by atoms with Crippen molar-refractivity contribution in [3.05, 3.63) is 106 Å². The normalized spacial score (nSPS) is 13.1. The Labute approximate surface area is 232 Å². The number of carbonyl (C=O) groups is 1. The van der Waals surface area contributed by atoms with E-state index < -0.39 is 27.9 Å². The van der Waals surface area contributed by atoms with E-state index in [9.17, 15) is 23.1 Å². The molecule has 0 aliphatic carbocycles. The summed E-state index contributed by atoms with van der Waals surface area (Å²) in [6, 6.07) is 22.5. The Morgan fingerprint density at radius 3 is 2.30 bits per heavy atom. The summed E-state index contributed by atoms with van der Waals surface area (Å²) in [6.45, 7) is 3.53. The number of hydrogen-bond acceptors (Lipinski definition) is 6. The minimum absolute atomic E-state index is 0.0267. The number of hydrogen-bond donors (Lipinski definition) is 4. The standard InChI is InChI=1S/C29H32N4O6S/c1-20(2)17-33(40(37,38)23-13-14-24-25(16-23)31-28(35)30-24)18-27(34)26(15-21-9-5-3-6-10-21)32-29(36)39-19-22-11-7-4-8-12-22/h3-16,20,27,34H,17-19H2,1-2H3,(H,32,36)(H2,30,31,35)/b26-15-/t27-/m1/s1. The molecule has 0 bridgehead atoms. The third-order valence-electron chi connectivity index (χ3n) is 6.01. The summed E-state index contributed by atoms with van der Waals surface area (Å²) in [5.41, 5.74) is 1.95. The molecule has 4 N–H and O–H groups in total. The molecule has 3 aromatic carbocycles. The average molecular weight is 565 g/mol. The van der Waals surface area contributed by atoms with Crippen LogP contribution in [0.1, 0.15) is 25.0 Å². The number of rotatable bonds is 11. The predicted molar refractivity (Wildman–Crippen MR) is 153 cm³/mol. The van der Waals surface area contributed by atoms with E-state index in [-0.39, 0.29) is 36.2 Å². The van der Waals surface area contributed by atoms with Gasteiger partial charge in [-0.3, -0.25) is 5.32 Å². The van der Waals surface area contributed by atoms with Crippen LogP contribution in [0.5, 0.6) is 0 Å². The molecular weight excluding hydrogens is 532 g/mol. The average Bonchev–Trinajstić information content (AvgIpc) is 3.31. The van der Waals surface area contributed by atoms with Gasteiger partial charge in [-0.25, -0.2) is 18.0 Å². The van der Waals surface area contributed by atoms with Crippen molar-refractivity contribution in [1.29, 1.82) is 0 Å². The quantitative estimate of drug-likeness (QED) is 0.218. The smallest absolute Gasteiger partial charge is 0.411 e. The number of sulfonamides is 1. The minimum atomic E-state index is -4.09. The molecule has 0 saturated heterocycles. The lowest BCUT2D eigenvalue weighted by atomic mass is 10.1. The Bertz CT molecular complexity index is 1630. The number of alkyl carbamates (subject to hydrolysis) is 1. The predicted octanol–water partition coefficient (Wildman–Crippen LogP) is 3.83. The van der Waals surface area contributed by atoms with Crippen molar-refractivity contribution >= 4 is 33.2 Å². The van der Waals surface area contributed by atoms with Gasteiger partial charge in [0, 0.05) is 13.1 Å². The van der Waals surface area contributed by atoms with Crippen molar-refractivity contribution in [3.8, 4) is 0 Å². The van der Waals surface area contributed by atoms with Crippen LogP contribution in [-0.4, -0.2) is 53.1 Å². The summed E-state index contributed by atoms with van der Waals surface area (Å²) >= 11 is 0. The molecule has 1 heterocycles. The molecule has 0 radical (unpaired) electrons. The molecule has 0 aliphatic heterocycles. The van der Waals surface area contributed by atoms with Crippen LogP contribution < -0.4 is 11.0 Å². The Hall–Kier alpha value is -4.19. The Balaban J connectivity index is 1.59. The molecule has 0 fully saturated rings. The number of amides is 1. The number of H-pyrrole nitrogens is 2. The number of nitrogens with zero attached hydrogens (tertiary/aromatic N) is 1. The highest BCUT2D eigenvalue weighted by Gasteiger charge is 2.29. The summed E-state index contributed by atoms with van der Waals surface area (Å²) in [5, 5.41) is 13.9. The van der Waals surface area contributed by atoms with Gasteiger partial charge >= 0.3 is 11.8 Å². The van der Waals surface area contributed by atoms with Crippen LogP contribution in [0.15, 0.2) is 94.2 Å². The number of nitrogens with one attached hydrogen (secondary N) is 3. The van der Waals surface area contributed by atoms with Gasteiger partial charge in [0.25, 0.3) is 0 Å². The lowest BCUT2D eigenvalue weighted by molar-refractivity contribution is 0.132. The van der Waals surface area contributed by atoms with Gasteiger partial charge in [-0.1, -0.05) is 74.5 Å².